The van der Waals surface area contributed by atoms with Crippen LogP contribution in [-0.4, -0.2) is 53.7 Å². The van der Waals surface area contributed by atoms with Crippen molar-refractivity contribution in [3.63, 3.8) is 0 Å². The molecule has 1 aromatic heterocycles. The molecule has 0 saturated heterocycles. The highest BCUT2D eigenvalue weighted by atomic mass is 16.5. The fourth-order valence-corrected chi connectivity index (χ4v) is 3.00. The first-order chi connectivity index (χ1) is 10.3. The number of hydrogen-bond donors (Lipinski definition) is 4. The summed E-state index contributed by atoms with van der Waals surface area (Å²) in [6, 6.07) is 0. The molecule has 0 aromatic carbocycles. The maximum atomic E-state index is 8.77. The van der Waals surface area contributed by atoms with Crippen molar-refractivity contribution in [3.05, 3.63) is 0 Å². The molecule has 0 radical (unpaired) electrons. The van der Waals surface area contributed by atoms with Crippen molar-refractivity contribution in [2.75, 3.05) is 44.0 Å². The topological polar surface area (TPSA) is 95.1 Å². The molecule has 2 rings (SSSR count). The minimum Gasteiger partial charge on any atom is -0.395 e. The predicted molar refractivity (Wildman–Crippen MR) is 82.5 cm³/mol. The molecule has 1 aromatic rings. The molecule has 0 amide bonds. The Labute approximate surface area is 125 Å². The minimum absolute atomic E-state index is 0.0730. The molecule has 0 spiro atoms. The maximum absolute atomic E-state index is 8.77. The van der Waals surface area contributed by atoms with E-state index in [0.717, 1.165) is 19.6 Å². The van der Waals surface area contributed by atoms with Crippen LogP contribution in [0.5, 0.6) is 0 Å². The number of hydrogen-bond acceptors (Lipinski definition) is 6. The Balaban J connectivity index is 1.87. The number of aliphatic hydroxyl groups is 1. The van der Waals surface area contributed by atoms with Crippen molar-refractivity contribution in [1.82, 2.24) is 15.2 Å². The van der Waals surface area contributed by atoms with Gasteiger partial charge in [-0.1, -0.05) is 19.3 Å². The van der Waals surface area contributed by atoms with Gasteiger partial charge in [0.05, 0.1) is 6.61 Å². The molecule has 1 saturated carbocycles. The summed E-state index contributed by atoms with van der Waals surface area (Å²) in [7, 11) is 1.76. The Morgan fingerprint density at radius 3 is 2.81 bits per heavy atom. The van der Waals surface area contributed by atoms with Crippen LogP contribution in [0.3, 0.4) is 0 Å². The summed E-state index contributed by atoms with van der Waals surface area (Å²) in [6.07, 6.45) is 7.49. The number of ether oxygens (including phenoxy) is 1. The lowest BCUT2D eigenvalue weighted by Crippen LogP contribution is -2.33. The molecular formula is C14H27N5O2. The second-order valence-corrected chi connectivity index (χ2v) is 5.82. The molecule has 7 nitrogen and oxygen atoms in total. The quantitative estimate of drug-likeness (QED) is 0.553. The van der Waals surface area contributed by atoms with E-state index in [0.29, 0.717) is 23.9 Å². The Bertz CT molecular complexity index is 404. The minimum atomic E-state index is 0.0730. The first kappa shape index (κ1) is 16.0. The summed E-state index contributed by atoms with van der Waals surface area (Å²) in [6.45, 7) is 2.22. The number of nitrogens with zero attached hydrogens (tertiary/aromatic N) is 2. The van der Waals surface area contributed by atoms with E-state index in [1.54, 1.807) is 7.11 Å². The van der Waals surface area contributed by atoms with Crippen molar-refractivity contribution in [2.24, 2.45) is 5.41 Å². The van der Waals surface area contributed by atoms with Crippen molar-refractivity contribution in [2.45, 2.75) is 38.5 Å². The second-order valence-electron chi connectivity index (χ2n) is 5.82. The molecular weight excluding hydrogens is 270 g/mol. The molecule has 1 fully saturated rings. The van der Waals surface area contributed by atoms with Crippen LogP contribution in [0.1, 0.15) is 38.5 Å². The number of rotatable bonds is 9. The van der Waals surface area contributed by atoms with E-state index >= 15 is 0 Å². The van der Waals surface area contributed by atoms with Crippen LogP contribution in [0.25, 0.3) is 0 Å². The van der Waals surface area contributed by atoms with Gasteiger partial charge >= 0.3 is 0 Å². The zero-order valence-electron chi connectivity index (χ0n) is 12.8. The monoisotopic (exact) mass is 297 g/mol. The zero-order chi connectivity index (χ0) is 15.0. The first-order valence-electron chi connectivity index (χ1n) is 7.78. The molecule has 0 aliphatic heterocycles. The van der Waals surface area contributed by atoms with Gasteiger partial charge < -0.3 is 20.5 Å². The molecule has 1 heterocycles. The summed E-state index contributed by atoms with van der Waals surface area (Å²) in [5.74, 6) is 1.19. The summed E-state index contributed by atoms with van der Waals surface area (Å²) in [5.41, 5.74) is 0.299. The van der Waals surface area contributed by atoms with Gasteiger partial charge in [-0.15, -0.1) is 5.10 Å². The molecule has 7 heteroatoms. The van der Waals surface area contributed by atoms with Crippen LogP contribution < -0.4 is 10.6 Å². The molecule has 1 aliphatic rings. The number of aliphatic hydroxyl groups excluding tert-OH is 1. The Kier molecular flexibility index (Phi) is 6.25. The third-order valence-corrected chi connectivity index (χ3v) is 4.26. The fourth-order valence-electron chi connectivity index (χ4n) is 3.00. The maximum Gasteiger partial charge on any atom is 0.243 e. The Morgan fingerprint density at radius 2 is 2.10 bits per heavy atom. The number of nitrogens with one attached hydrogen (secondary N) is 3. The van der Waals surface area contributed by atoms with E-state index in [2.05, 4.69) is 25.8 Å². The van der Waals surface area contributed by atoms with Gasteiger partial charge in [0.25, 0.3) is 0 Å². The molecule has 1 aliphatic carbocycles. The van der Waals surface area contributed by atoms with E-state index < -0.39 is 0 Å². The van der Waals surface area contributed by atoms with Gasteiger partial charge in [-0.25, -0.2) is 5.10 Å². The van der Waals surface area contributed by atoms with E-state index in [1.165, 1.54) is 32.1 Å². The van der Waals surface area contributed by atoms with Gasteiger partial charge in [0.15, 0.2) is 0 Å². The van der Waals surface area contributed by atoms with E-state index in [4.69, 9.17) is 9.84 Å². The molecule has 0 atom stereocenters. The molecule has 21 heavy (non-hydrogen) atoms. The lowest BCUT2D eigenvalue weighted by molar-refractivity contribution is 0.111. The third-order valence-electron chi connectivity index (χ3n) is 4.26. The molecule has 120 valence electrons. The number of anilines is 2. The van der Waals surface area contributed by atoms with Crippen molar-refractivity contribution in [3.8, 4) is 0 Å². The zero-order valence-corrected chi connectivity index (χ0v) is 12.8. The highest BCUT2D eigenvalue weighted by Crippen LogP contribution is 2.39. The average Bonchev–Trinajstić information content (AvgIpc) is 2.98. The highest BCUT2D eigenvalue weighted by Gasteiger charge is 2.31. The lowest BCUT2D eigenvalue weighted by Gasteiger charge is -2.37. The summed E-state index contributed by atoms with van der Waals surface area (Å²) in [5, 5.41) is 22.0. The van der Waals surface area contributed by atoms with E-state index in [1.807, 2.05) is 0 Å². The van der Waals surface area contributed by atoms with Gasteiger partial charge in [0.1, 0.15) is 0 Å². The van der Waals surface area contributed by atoms with Crippen molar-refractivity contribution < 1.29 is 9.84 Å². The highest BCUT2D eigenvalue weighted by molar-refractivity contribution is 5.33. The molecule has 0 bridgehead atoms. The fraction of sp³-hybridized carbons (Fsp3) is 0.857. The van der Waals surface area contributed by atoms with E-state index in [-0.39, 0.29) is 6.61 Å². The second kappa shape index (κ2) is 8.19. The van der Waals surface area contributed by atoms with Crippen molar-refractivity contribution in [1.29, 1.82) is 0 Å². The Morgan fingerprint density at radius 1 is 1.29 bits per heavy atom. The summed E-state index contributed by atoms with van der Waals surface area (Å²) in [4.78, 5) is 4.31. The molecule has 0 unspecified atom stereocenters. The molecule has 4 N–H and O–H groups in total. The number of methoxy groups -OCH3 is 1. The predicted octanol–water partition coefficient (Wildman–Crippen LogP) is 1.61. The average molecular weight is 297 g/mol. The van der Waals surface area contributed by atoms with E-state index in [9.17, 15) is 0 Å². The van der Waals surface area contributed by atoms with Crippen LogP contribution in [0.4, 0.5) is 11.9 Å². The smallest absolute Gasteiger partial charge is 0.243 e. The Hall–Kier alpha value is -1.34. The van der Waals surface area contributed by atoms with Crippen LogP contribution in [0.2, 0.25) is 0 Å². The summed E-state index contributed by atoms with van der Waals surface area (Å²) >= 11 is 0. The number of aromatic nitrogens is 3. The van der Waals surface area contributed by atoms with Gasteiger partial charge in [0.2, 0.25) is 11.9 Å². The van der Waals surface area contributed by atoms with Crippen LogP contribution in [0.15, 0.2) is 0 Å². The first-order valence-corrected chi connectivity index (χ1v) is 7.78. The number of aromatic amines is 1. The van der Waals surface area contributed by atoms with Gasteiger partial charge in [0, 0.05) is 26.8 Å². The largest absolute Gasteiger partial charge is 0.395 e. The SMILES string of the molecule is COCCC1(CNc2n[nH]c(NCCO)n2)CCCCC1. The lowest BCUT2D eigenvalue weighted by atomic mass is 9.72. The number of H-pyrrole nitrogens is 1. The van der Waals surface area contributed by atoms with Gasteiger partial charge in [-0.3, -0.25) is 0 Å². The normalized spacial score (nSPS) is 17.6. The standard InChI is InChI=1S/C14H27N5O2/c1-21-10-7-14(5-3-2-4-6-14)11-16-13-17-12(18-19-13)15-8-9-20/h20H,2-11H2,1H3,(H3,15,16,17,18,19). The van der Waals surface area contributed by atoms with Crippen molar-refractivity contribution >= 4 is 11.9 Å². The van der Waals surface area contributed by atoms with Gasteiger partial charge in [-0.05, 0) is 24.7 Å². The van der Waals surface area contributed by atoms with Crippen LogP contribution in [-0.2, 0) is 4.74 Å². The third kappa shape index (κ3) is 4.86. The van der Waals surface area contributed by atoms with Crippen LogP contribution in [0, 0.1) is 5.41 Å². The summed E-state index contributed by atoms with van der Waals surface area (Å²) < 4.78 is 5.27. The van der Waals surface area contributed by atoms with Crippen LogP contribution >= 0.6 is 0 Å². The van der Waals surface area contributed by atoms with Gasteiger partial charge in [-0.2, -0.15) is 4.98 Å².